The zero-order valence-electron chi connectivity index (χ0n) is 16.6. The van der Waals surface area contributed by atoms with Crippen LogP contribution in [0.1, 0.15) is 29.7 Å². The number of benzene rings is 3. The smallest absolute Gasteiger partial charge is 0.0647 e. The van der Waals surface area contributed by atoms with E-state index in [1.54, 1.807) is 0 Å². The molecule has 29 heavy (non-hydrogen) atoms. The van der Waals surface area contributed by atoms with E-state index in [0.29, 0.717) is 6.04 Å². The summed E-state index contributed by atoms with van der Waals surface area (Å²) >= 11 is 3.55. The van der Waals surface area contributed by atoms with Crippen molar-refractivity contribution in [2.75, 3.05) is 26.2 Å². The van der Waals surface area contributed by atoms with Gasteiger partial charge in [0.2, 0.25) is 0 Å². The van der Waals surface area contributed by atoms with Gasteiger partial charge in [0, 0.05) is 30.7 Å². The number of hydrazone groups is 1. The van der Waals surface area contributed by atoms with Crippen LogP contribution in [0.2, 0.25) is 0 Å². The molecule has 4 heteroatoms. The van der Waals surface area contributed by atoms with Crippen LogP contribution in [0, 0.1) is 0 Å². The molecule has 1 fully saturated rings. The van der Waals surface area contributed by atoms with Crippen LogP contribution in [0.25, 0.3) is 11.1 Å². The third kappa shape index (κ3) is 3.52. The summed E-state index contributed by atoms with van der Waals surface area (Å²) in [6, 6.07) is 26.4. The summed E-state index contributed by atoms with van der Waals surface area (Å²) in [5.74, 6) is 0. The Labute approximate surface area is 180 Å². The van der Waals surface area contributed by atoms with Gasteiger partial charge in [-0.2, -0.15) is 5.10 Å². The fourth-order valence-electron chi connectivity index (χ4n) is 4.58. The molecule has 0 N–H and O–H groups in total. The number of rotatable bonds is 3. The standard InChI is InChI=1S/C25H24BrN3/c1-18(19-7-6-8-20(26)17-19)27-29-15-13-28(14-16-29)25-23-11-4-2-9-21(23)22-10-3-5-12-24(22)25/h2-12,17,25H,13-16H2,1H3/b27-18+. The van der Waals surface area contributed by atoms with E-state index >= 15 is 0 Å². The van der Waals surface area contributed by atoms with Crippen LogP contribution < -0.4 is 0 Å². The van der Waals surface area contributed by atoms with Crippen molar-refractivity contribution in [3.63, 3.8) is 0 Å². The average Bonchev–Trinajstić information content (AvgIpc) is 3.09. The Bertz CT molecular complexity index is 1020. The molecule has 3 nitrogen and oxygen atoms in total. The first-order valence-electron chi connectivity index (χ1n) is 10.2. The lowest BCUT2D eigenvalue weighted by atomic mass is 10.0. The number of nitrogens with zero attached hydrogens (tertiary/aromatic N) is 3. The monoisotopic (exact) mass is 445 g/mol. The molecule has 0 amide bonds. The topological polar surface area (TPSA) is 18.8 Å². The molecule has 0 atom stereocenters. The van der Waals surface area contributed by atoms with E-state index in [1.807, 2.05) is 6.07 Å². The molecular formula is C25H24BrN3. The normalized spacial score (nSPS) is 17.3. The van der Waals surface area contributed by atoms with Gasteiger partial charge in [0.05, 0.1) is 11.8 Å². The number of fused-ring (bicyclic) bond motifs is 3. The summed E-state index contributed by atoms with van der Waals surface area (Å²) in [6.07, 6.45) is 0. The number of piperazine rings is 1. The van der Waals surface area contributed by atoms with Gasteiger partial charge in [0.25, 0.3) is 0 Å². The van der Waals surface area contributed by atoms with Crippen molar-refractivity contribution in [2.24, 2.45) is 5.10 Å². The first-order chi connectivity index (χ1) is 14.2. The molecule has 2 aliphatic rings. The van der Waals surface area contributed by atoms with Crippen LogP contribution in [0.15, 0.2) is 82.4 Å². The predicted molar refractivity (Wildman–Crippen MR) is 123 cm³/mol. The minimum absolute atomic E-state index is 0.361. The van der Waals surface area contributed by atoms with Gasteiger partial charge in [-0.25, -0.2) is 0 Å². The summed E-state index contributed by atoms with van der Waals surface area (Å²) in [4.78, 5) is 2.62. The van der Waals surface area contributed by atoms with Gasteiger partial charge in [-0.3, -0.25) is 9.91 Å². The van der Waals surface area contributed by atoms with Crippen molar-refractivity contribution in [3.05, 3.63) is 94.0 Å². The van der Waals surface area contributed by atoms with E-state index in [1.165, 1.54) is 27.8 Å². The van der Waals surface area contributed by atoms with Gasteiger partial charge in [0.15, 0.2) is 0 Å². The quantitative estimate of drug-likeness (QED) is 0.491. The molecule has 0 unspecified atom stereocenters. The Balaban J connectivity index is 1.34. The van der Waals surface area contributed by atoms with Crippen LogP contribution in [-0.4, -0.2) is 41.8 Å². The fourth-order valence-corrected chi connectivity index (χ4v) is 4.97. The van der Waals surface area contributed by atoms with Gasteiger partial charge >= 0.3 is 0 Å². The zero-order chi connectivity index (χ0) is 19.8. The minimum Gasteiger partial charge on any atom is -0.294 e. The van der Waals surface area contributed by atoms with Gasteiger partial charge in [-0.05, 0) is 46.9 Å². The Hall–Kier alpha value is -2.43. The summed E-state index contributed by atoms with van der Waals surface area (Å²) in [6.45, 7) is 6.03. The van der Waals surface area contributed by atoms with Crippen LogP contribution in [0.5, 0.6) is 0 Å². The van der Waals surface area contributed by atoms with Gasteiger partial charge < -0.3 is 0 Å². The lowest BCUT2D eigenvalue weighted by Crippen LogP contribution is -2.45. The van der Waals surface area contributed by atoms with Crippen molar-refractivity contribution >= 4 is 21.6 Å². The lowest BCUT2D eigenvalue weighted by molar-refractivity contribution is 0.114. The molecule has 1 saturated heterocycles. The minimum atomic E-state index is 0.361. The molecule has 3 aromatic rings. The molecule has 0 bridgehead atoms. The lowest BCUT2D eigenvalue weighted by Gasteiger charge is -2.37. The second kappa shape index (κ2) is 7.77. The highest BCUT2D eigenvalue weighted by molar-refractivity contribution is 9.10. The second-order valence-corrected chi connectivity index (χ2v) is 8.68. The van der Waals surface area contributed by atoms with Gasteiger partial charge in [0.1, 0.15) is 0 Å². The van der Waals surface area contributed by atoms with E-state index in [-0.39, 0.29) is 0 Å². The molecule has 1 heterocycles. The van der Waals surface area contributed by atoms with E-state index < -0.39 is 0 Å². The maximum atomic E-state index is 4.90. The number of hydrogen-bond donors (Lipinski definition) is 0. The number of hydrogen-bond acceptors (Lipinski definition) is 3. The third-order valence-electron chi connectivity index (χ3n) is 5.99. The second-order valence-electron chi connectivity index (χ2n) is 7.76. The van der Waals surface area contributed by atoms with E-state index in [4.69, 9.17) is 5.10 Å². The Morgan fingerprint density at radius 2 is 1.45 bits per heavy atom. The van der Waals surface area contributed by atoms with E-state index in [0.717, 1.165) is 36.4 Å². The highest BCUT2D eigenvalue weighted by Gasteiger charge is 2.33. The molecule has 5 rings (SSSR count). The summed E-state index contributed by atoms with van der Waals surface area (Å²) in [5.41, 5.74) is 7.89. The first-order valence-corrected chi connectivity index (χ1v) is 11.0. The SMILES string of the molecule is C/C(=N\N1CCN(C2c3ccccc3-c3ccccc32)CC1)c1cccc(Br)c1. The molecule has 0 spiro atoms. The Morgan fingerprint density at radius 3 is 2.07 bits per heavy atom. The highest BCUT2D eigenvalue weighted by Crippen LogP contribution is 2.46. The average molecular weight is 446 g/mol. The maximum absolute atomic E-state index is 4.90. The summed E-state index contributed by atoms with van der Waals surface area (Å²) < 4.78 is 1.09. The van der Waals surface area contributed by atoms with E-state index in [9.17, 15) is 0 Å². The fraction of sp³-hybridized carbons (Fsp3) is 0.240. The van der Waals surface area contributed by atoms with Crippen LogP contribution >= 0.6 is 15.9 Å². The summed E-state index contributed by atoms with van der Waals surface area (Å²) in [5, 5.41) is 7.12. The molecule has 0 aromatic heterocycles. The molecule has 146 valence electrons. The largest absolute Gasteiger partial charge is 0.294 e. The Kier molecular flexibility index (Phi) is 4.98. The third-order valence-corrected chi connectivity index (χ3v) is 6.48. The molecule has 1 aliphatic carbocycles. The van der Waals surface area contributed by atoms with Crippen LogP contribution in [0.4, 0.5) is 0 Å². The van der Waals surface area contributed by atoms with E-state index in [2.05, 4.69) is 99.5 Å². The van der Waals surface area contributed by atoms with Crippen molar-refractivity contribution in [1.82, 2.24) is 9.91 Å². The Morgan fingerprint density at radius 1 is 0.828 bits per heavy atom. The van der Waals surface area contributed by atoms with Crippen molar-refractivity contribution in [1.29, 1.82) is 0 Å². The molecule has 3 aromatic carbocycles. The van der Waals surface area contributed by atoms with Gasteiger partial charge in [-0.15, -0.1) is 0 Å². The maximum Gasteiger partial charge on any atom is 0.0647 e. The van der Waals surface area contributed by atoms with Gasteiger partial charge in [-0.1, -0.05) is 76.6 Å². The highest BCUT2D eigenvalue weighted by atomic mass is 79.9. The van der Waals surface area contributed by atoms with Crippen molar-refractivity contribution < 1.29 is 0 Å². The van der Waals surface area contributed by atoms with Crippen molar-refractivity contribution in [3.8, 4) is 11.1 Å². The number of halogens is 1. The molecule has 0 radical (unpaired) electrons. The van der Waals surface area contributed by atoms with Crippen molar-refractivity contribution in [2.45, 2.75) is 13.0 Å². The molecule has 1 aliphatic heterocycles. The molecule has 0 saturated carbocycles. The zero-order valence-corrected chi connectivity index (χ0v) is 18.1. The summed E-state index contributed by atoms with van der Waals surface area (Å²) in [7, 11) is 0. The van der Waals surface area contributed by atoms with Crippen LogP contribution in [-0.2, 0) is 0 Å². The first kappa shape index (κ1) is 18.6. The predicted octanol–water partition coefficient (Wildman–Crippen LogP) is 5.56. The molecular weight excluding hydrogens is 422 g/mol. The van der Waals surface area contributed by atoms with Crippen LogP contribution in [0.3, 0.4) is 0 Å².